The zero-order valence-corrected chi connectivity index (χ0v) is 14.1. The Labute approximate surface area is 127 Å². The standard InChI is InChI=1S/C14H28N6O/c1-7-19(8-2)13-16-12(15-5)17-14(18-13)20(11(3)4)9-10-21-6/h11H,7-10H2,1-6H3,(H,15,16,17,18). The summed E-state index contributed by atoms with van der Waals surface area (Å²) in [4.78, 5) is 17.8. The van der Waals surface area contributed by atoms with E-state index in [1.165, 1.54) is 0 Å². The number of anilines is 3. The Morgan fingerprint density at radius 1 is 1.10 bits per heavy atom. The number of nitrogens with one attached hydrogen (secondary N) is 1. The third-order valence-electron chi connectivity index (χ3n) is 3.30. The maximum Gasteiger partial charge on any atom is 0.232 e. The quantitative estimate of drug-likeness (QED) is 0.742. The number of aromatic nitrogens is 3. The largest absolute Gasteiger partial charge is 0.383 e. The molecule has 0 aromatic carbocycles. The third kappa shape index (κ3) is 4.70. The lowest BCUT2D eigenvalue weighted by molar-refractivity contribution is 0.203. The van der Waals surface area contributed by atoms with Crippen LogP contribution >= 0.6 is 0 Å². The van der Waals surface area contributed by atoms with E-state index in [1.807, 2.05) is 7.05 Å². The van der Waals surface area contributed by atoms with Crippen LogP contribution in [0.3, 0.4) is 0 Å². The number of nitrogens with zero attached hydrogens (tertiary/aromatic N) is 5. The summed E-state index contributed by atoms with van der Waals surface area (Å²) in [6.45, 7) is 11.5. The van der Waals surface area contributed by atoms with Crippen molar-refractivity contribution in [3.63, 3.8) is 0 Å². The molecular formula is C14H28N6O. The molecule has 0 fully saturated rings. The van der Waals surface area contributed by atoms with Gasteiger partial charge in [-0.2, -0.15) is 15.0 Å². The molecule has 1 aromatic rings. The molecule has 0 saturated carbocycles. The van der Waals surface area contributed by atoms with Crippen LogP contribution < -0.4 is 15.1 Å². The summed E-state index contributed by atoms with van der Waals surface area (Å²) in [5.74, 6) is 1.98. The molecule has 0 atom stereocenters. The second-order valence-electron chi connectivity index (χ2n) is 4.96. The molecule has 120 valence electrons. The first kappa shape index (κ1) is 17.4. The molecule has 0 radical (unpaired) electrons. The van der Waals surface area contributed by atoms with Crippen LogP contribution in [0.5, 0.6) is 0 Å². The Bertz CT molecular complexity index is 422. The van der Waals surface area contributed by atoms with Gasteiger partial charge in [-0.3, -0.25) is 0 Å². The van der Waals surface area contributed by atoms with E-state index in [2.05, 4.69) is 57.8 Å². The molecule has 0 aliphatic heterocycles. The minimum Gasteiger partial charge on any atom is -0.383 e. The summed E-state index contributed by atoms with van der Waals surface area (Å²) < 4.78 is 5.18. The van der Waals surface area contributed by atoms with Crippen LogP contribution in [0.1, 0.15) is 27.7 Å². The Hall–Kier alpha value is -1.63. The maximum atomic E-state index is 5.18. The van der Waals surface area contributed by atoms with E-state index < -0.39 is 0 Å². The van der Waals surface area contributed by atoms with Gasteiger partial charge >= 0.3 is 0 Å². The first-order valence-electron chi connectivity index (χ1n) is 7.51. The first-order valence-corrected chi connectivity index (χ1v) is 7.51. The lowest BCUT2D eigenvalue weighted by Crippen LogP contribution is -2.36. The maximum absolute atomic E-state index is 5.18. The lowest BCUT2D eigenvalue weighted by Gasteiger charge is -2.28. The van der Waals surface area contributed by atoms with Gasteiger partial charge in [0.25, 0.3) is 0 Å². The van der Waals surface area contributed by atoms with Crippen LogP contribution in [0.2, 0.25) is 0 Å². The molecule has 0 unspecified atom stereocenters. The Morgan fingerprint density at radius 2 is 1.71 bits per heavy atom. The Morgan fingerprint density at radius 3 is 2.19 bits per heavy atom. The van der Waals surface area contributed by atoms with Crippen molar-refractivity contribution in [3.05, 3.63) is 0 Å². The predicted octanol–water partition coefficient (Wildman–Crippen LogP) is 1.62. The Balaban J connectivity index is 3.16. The van der Waals surface area contributed by atoms with E-state index in [0.717, 1.165) is 19.6 Å². The van der Waals surface area contributed by atoms with Crippen molar-refractivity contribution in [2.24, 2.45) is 0 Å². The fraction of sp³-hybridized carbons (Fsp3) is 0.786. The second kappa shape index (κ2) is 8.61. The van der Waals surface area contributed by atoms with E-state index in [0.29, 0.717) is 24.5 Å². The van der Waals surface area contributed by atoms with Crippen molar-refractivity contribution in [2.75, 3.05) is 55.5 Å². The van der Waals surface area contributed by atoms with Gasteiger partial charge in [-0.15, -0.1) is 0 Å². The molecule has 7 nitrogen and oxygen atoms in total. The molecule has 0 bridgehead atoms. The highest BCUT2D eigenvalue weighted by Gasteiger charge is 2.17. The summed E-state index contributed by atoms with van der Waals surface area (Å²) in [6.07, 6.45) is 0. The summed E-state index contributed by atoms with van der Waals surface area (Å²) >= 11 is 0. The van der Waals surface area contributed by atoms with E-state index in [4.69, 9.17) is 4.74 Å². The van der Waals surface area contributed by atoms with Gasteiger partial charge in [-0.25, -0.2) is 0 Å². The van der Waals surface area contributed by atoms with E-state index in [9.17, 15) is 0 Å². The third-order valence-corrected chi connectivity index (χ3v) is 3.30. The van der Waals surface area contributed by atoms with E-state index in [1.54, 1.807) is 7.11 Å². The summed E-state index contributed by atoms with van der Waals surface area (Å²) in [6, 6.07) is 0.289. The van der Waals surface area contributed by atoms with Crippen molar-refractivity contribution in [2.45, 2.75) is 33.7 Å². The SMILES string of the molecule is CCN(CC)c1nc(NC)nc(N(CCOC)C(C)C)n1. The topological polar surface area (TPSA) is 66.4 Å². The van der Waals surface area contributed by atoms with Gasteiger partial charge in [-0.05, 0) is 27.7 Å². The molecule has 0 aliphatic carbocycles. The molecule has 0 aliphatic rings. The fourth-order valence-corrected chi connectivity index (χ4v) is 2.02. The molecule has 0 amide bonds. The highest BCUT2D eigenvalue weighted by Crippen LogP contribution is 2.18. The molecule has 21 heavy (non-hydrogen) atoms. The predicted molar refractivity (Wildman–Crippen MR) is 87.3 cm³/mol. The van der Waals surface area contributed by atoms with Gasteiger partial charge in [0.2, 0.25) is 17.8 Å². The first-order chi connectivity index (χ1) is 10.1. The summed E-state index contributed by atoms with van der Waals surface area (Å²) in [5, 5.41) is 3.01. The fourth-order valence-electron chi connectivity index (χ4n) is 2.02. The van der Waals surface area contributed by atoms with Gasteiger partial charge in [0.15, 0.2) is 0 Å². The lowest BCUT2D eigenvalue weighted by atomic mass is 10.3. The number of rotatable bonds is 9. The van der Waals surface area contributed by atoms with Crippen LogP contribution in [0.15, 0.2) is 0 Å². The van der Waals surface area contributed by atoms with Crippen molar-refractivity contribution >= 4 is 17.8 Å². The zero-order chi connectivity index (χ0) is 15.8. The average molecular weight is 296 g/mol. The van der Waals surface area contributed by atoms with Gasteiger partial charge in [0.05, 0.1) is 6.61 Å². The number of methoxy groups -OCH3 is 1. The highest BCUT2D eigenvalue weighted by molar-refractivity contribution is 5.45. The normalized spacial score (nSPS) is 10.8. The Kier molecular flexibility index (Phi) is 7.14. The highest BCUT2D eigenvalue weighted by atomic mass is 16.5. The molecule has 1 heterocycles. The molecule has 0 spiro atoms. The second-order valence-corrected chi connectivity index (χ2v) is 4.96. The van der Waals surface area contributed by atoms with Crippen LogP contribution in [-0.4, -0.2) is 61.4 Å². The molecule has 1 N–H and O–H groups in total. The molecule has 0 saturated heterocycles. The van der Waals surface area contributed by atoms with Crippen LogP contribution in [0, 0.1) is 0 Å². The number of hydrogen-bond acceptors (Lipinski definition) is 7. The van der Waals surface area contributed by atoms with Crippen LogP contribution in [0.25, 0.3) is 0 Å². The van der Waals surface area contributed by atoms with Gasteiger partial charge in [0.1, 0.15) is 0 Å². The van der Waals surface area contributed by atoms with Crippen molar-refractivity contribution in [3.8, 4) is 0 Å². The van der Waals surface area contributed by atoms with Gasteiger partial charge in [0, 0.05) is 39.8 Å². The minimum atomic E-state index is 0.289. The zero-order valence-electron chi connectivity index (χ0n) is 14.1. The van der Waals surface area contributed by atoms with Crippen molar-refractivity contribution in [1.82, 2.24) is 15.0 Å². The van der Waals surface area contributed by atoms with Crippen LogP contribution in [0.4, 0.5) is 17.8 Å². The summed E-state index contributed by atoms with van der Waals surface area (Å²) in [5.41, 5.74) is 0. The molecule has 7 heteroatoms. The summed E-state index contributed by atoms with van der Waals surface area (Å²) in [7, 11) is 3.52. The van der Waals surface area contributed by atoms with E-state index >= 15 is 0 Å². The van der Waals surface area contributed by atoms with Gasteiger partial charge in [-0.1, -0.05) is 0 Å². The molecule has 1 aromatic heterocycles. The monoisotopic (exact) mass is 296 g/mol. The molecular weight excluding hydrogens is 268 g/mol. The number of ether oxygens (including phenoxy) is 1. The smallest absolute Gasteiger partial charge is 0.232 e. The average Bonchev–Trinajstić information content (AvgIpc) is 2.48. The minimum absolute atomic E-state index is 0.289. The number of hydrogen-bond donors (Lipinski definition) is 1. The molecule has 1 rings (SSSR count). The van der Waals surface area contributed by atoms with Gasteiger partial charge < -0.3 is 19.9 Å². The van der Waals surface area contributed by atoms with E-state index in [-0.39, 0.29) is 6.04 Å². The van der Waals surface area contributed by atoms with Crippen molar-refractivity contribution in [1.29, 1.82) is 0 Å². The van der Waals surface area contributed by atoms with Crippen LogP contribution in [-0.2, 0) is 4.74 Å². The van der Waals surface area contributed by atoms with Crippen molar-refractivity contribution < 1.29 is 4.74 Å².